The molecule has 2 aliphatic rings. The highest BCUT2D eigenvalue weighted by atomic mass is 19.4. The van der Waals surface area contributed by atoms with E-state index >= 15 is 0 Å². The van der Waals surface area contributed by atoms with Crippen molar-refractivity contribution in [1.29, 1.82) is 0 Å². The van der Waals surface area contributed by atoms with Crippen molar-refractivity contribution in [3.05, 3.63) is 48.7 Å². The van der Waals surface area contributed by atoms with E-state index in [2.05, 4.69) is 4.74 Å². The zero-order valence-corrected chi connectivity index (χ0v) is 13.2. The van der Waals surface area contributed by atoms with Crippen LogP contribution < -0.4 is 0 Å². The van der Waals surface area contributed by atoms with Crippen LogP contribution in [-0.2, 0) is 19.1 Å². The predicted molar refractivity (Wildman–Crippen MR) is 80.5 cm³/mol. The molecule has 7 heteroatoms. The third-order valence-corrected chi connectivity index (χ3v) is 4.67. The van der Waals surface area contributed by atoms with Crippen molar-refractivity contribution in [2.75, 3.05) is 0 Å². The molecular weight excluding hydrogens is 337 g/mol. The first-order chi connectivity index (χ1) is 11.8. The van der Waals surface area contributed by atoms with Gasteiger partial charge in [0.25, 0.3) is 0 Å². The smallest absolute Gasteiger partial charge is 0.447 e. The van der Waals surface area contributed by atoms with Gasteiger partial charge in [-0.05, 0) is 43.1 Å². The van der Waals surface area contributed by atoms with Crippen molar-refractivity contribution in [3.63, 3.8) is 0 Å². The highest BCUT2D eigenvalue weighted by Gasteiger charge is 2.53. The highest BCUT2D eigenvalue weighted by molar-refractivity contribution is 5.88. The maximum absolute atomic E-state index is 12.2. The molecule has 0 aromatic heterocycles. The second-order valence-corrected chi connectivity index (χ2v) is 6.30. The lowest BCUT2D eigenvalue weighted by molar-refractivity contribution is -0.306. The number of carbonyl (C=O) groups excluding carboxylic acids is 2. The normalized spacial score (nSPS) is 28.5. The minimum absolute atomic E-state index is 0.0389. The number of hydrogen-bond donors (Lipinski definition) is 0. The number of alkyl halides is 3. The Morgan fingerprint density at radius 3 is 2.56 bits per heavy atom. The van der Waals surface area contributed by atoms with Gasteiger partial charge in [-0.3, -0.25) is 4.79 Å². The summed E-state index contributed by atoms with van der Waals surface area (Å²) in [4.78, 5) is 22.9. The predicted octanol–water partition coefficient (Wildman–Crippen LogP) is 3.46. The Labute approximate surface area is 143 Å². The third-order valence-electron chi connectivity index (χ3n) is 4.67. The number of benzene rings is 1. The van der Waals surface area contributed by atoms with E-state index in [-0.39, 0.29) is 24.2 Å². The van der Waals surface area contributed by atoms with Gasteiger partial charge in [0.15, 0.2) is 0 Å². The van der Waals surface area contributed by atoms with Crippen LogP contribution in [0, 0.1) is 30.6 Å². The fraction of sp³-hybridized carbons (Fsp3) is 0.444. The van der Waals surface area contributed by atoms with E-state index in [1.54, 1.807) is 0 Å². The maximum atomic E-state index is 12.2. The summed E-state index contributed by atoms with van der Waals surface area (Å²) in [6.07, 6.45) is -0.936. The highest BCUT2D eigenvalue weighted by Crippen LogP contribution is 2.47. The average molecular weight is 354 g/mol. The summed E-state index contributed by atoms with van der Waals surface area (Å²) in [6.45, 7) is 0. The first kappa shape index (κ1) is 17.8. The molecule has 4 unspecified atom stereocenters. The van der Waals surface area contributed by atoms with E-state index < -0.39 is 24.4 Å². The monoisotopic (exact) mass is 354 g/mol. The minimum Gasteiger partial charge on any atom is -0.447 e. The minimum atomic E-state index is -4.99. The van der Waals surface area contributed by atoms with Crippen LogP contribution in [0.25, 0.3) is 0 Å². The van der Waals surface area contributed by atoms with Gasteiger partial charge in [0.2, 0.25) is 6.10 Å². The molecule has 25 heavy (non-hydrogen) atoms. The molecule has 2 fully saturated rings. The van der Waals surface area contributed by atoms with Crippen LogP contribution in [0.2, 0.25) is 0 Å². The van der Waals surface area contributed by atoms with Crippen LogP contribution >= 0.6 is 0 Å². The number of esters is 1. The Bertz CT molecular complexity index is 629. The van der Waals surface area contributed by atoms with Crippen LogP contribution in [0.15, 0.2) is 30.3 Å². The molecule has 1 aliphatic carbocycles. The SMILES string of the molecule is O=C(CC1C(C[CH]c2ccccc2)C[CH]C1C1OC1=O)OC(F)(F)F. The molecule has 0 spiro atoms. The standard InChI is InChI=1S/C18H17F3O4/c19-18(20,21)25-15(22)10-14-12(7-6-11-4-2-1-3-5-11)8-9-13(14)16-17(23)24-16/h1-6,9,12-14,16H,7-8,10H2. The molecule has 4 atom stereocenters. The number of rotatable bonds is 6. The quantitative estimate of drug-likeness (QED) is 0.580. The molecule has 0 amide bonds. The fourth-order valence-corrected chi connectivity index (χ4v) is 3.48. The number of epoxide rings is 1. The second kappa shape index (κ2) is 7.06. The van der Waals surface area contributed by atoms with Crippen LogP contribution in [0.3, 0.4) is 0 Å². The van der Waals surface area contributed by atoms with Gasteiger partial charge in [-0.1, -0.05) is 30.3 Å². The van der Waals surface area contributed by atoms with Crippen molar-refractivity contribution < 1.29 is 32.2 Å². The van der Waals surface area contributed by atoms with Gasteiger partial charge in [-0.2, -0.15) is 0 Å². The van der Waals surface area contributed by atoms with Crippen LogP contribution in [0.1, 0.15) is 24.8 Å². The van der Waals surface area contributed by atoms with Crippen LogP contribution in [0.5, 0.6) is 0 Å². The summed E-state index contributed by atoms with van der Waals surface area (Å²) in [6, 6.07) is 9.53. The molecule has 0 bridgehead atoms. The molecule has 1 heterocycles. The lowest BCUT2D eigenvalue weighted by atomic mass is 9.82. The summed E-state index contributed by atoms with van der Waals surface area (Å²) < 4.78 is 45.1. The number of cyclic esters (lactones) is 1. The van der Waals surface area contributed by atoms with E-state index in [4.69, 9.17) is 4.74 Å². The average Bonchev–Trinajstić information content (AvgIpc) is 3.12. The lowest BCUT2D eigenvalue weighted by Crippen LogP contribution is -2.27. The number of hydrogen-bond acceptors (Lipinski definition) is 4. The molecular formula is C18H17F3O4. The van der Waals surface area contributed by atoms with E-state index in [0.29, 0.717) is 12.8 Å². The van der Waals surface area contributed by atoms with E-state index in [1.807, 2.05) is 43.2 Å². The topological polar surface area (TPSA) is 55.9 Å². The molecule has 3 rings (SSSR count). The Morgan fingerprint density at radius 2 is 1.96 bits per heavy atom. The summed E-state index contributed by atoms with van der Waals surface area (Å²) >= 11 is 0. The second-order valence-electron chi connectivity index (χ2n) is 6.30. The Hall–Kier alpha value is -2.05. The van der Waals surface area contributed by atoms with E-state index in [9.17, 15) is 22.8 Å². The van der Waals surface area contributed by atoms with Gasteiger partial charge in [0.1, 0.15) is 0 Å². The zero-order valence-electron chi connectivity index (χ0n) is 13.2. The summed E-state index contributed by atoms with van der Waals surface area (Å²) in [7, 11) is 0. The Kier molecular flexibility index (Phi) is 5.01. The van der Waals surface area contributed by atoms with Gasteiger partial charge in [-0.15, -0.1) is 13.2 Å². The number of carbonyl (C=O) groups is 2. The molecule has 2 radical (unpaired) electrons. The first-order valence-electron chi connectivity index (χ1n) is 8.04. The van der Waals surface area contributed by atoms with Crippen LogP contribution in [0.4, 0.5) is 13.2 Å². The molecule has 0 N–H and O–H groups in total. The van der Waals surface area contributed by atoms with Crippen molar-refractivity contribution >= 4 is 11.9 Å². The molecule has 1 aromatic rings. The molecule has 1 aliphatic heterocycles. The van der Waals surface area contributed by atoms with E-state index in [1.165, 1.54) is 0 Å². The van der Waals surface area contributed by atoms with Gasteiger partial charge in [0, 0.05) is 12.3 Å². The molecule has 1 saturated heterocycles. The summed E-state index contributed by atoms with van der Waals surface area (Å²) in [5.74, 6) is -2.49. The zero-order chi connectivity index (χ0) is 18.0. The van der Waals surface area contributed by atoms with Gasteiger partial charge in [-0.25, -0.2) is 4.79 Å². The molecule has 4 nitrogen and oxygen atoms in total. The Balaban J connectivity index is 1.63. The summed E-state index contributed by atoms with van der Waals surface area (Å²) in [5, 5.41) is 0. The third kappa shape index (κ3) is 4.74. The van der Waals surface area contributed by atoms with Gasteiger partial charge in [0.05, 0.1) is 0 Å². The summed E-state index contributed by atoms with van der Waals surface area (Å²) in [5.41, 5.74) is 1.00. The van der Waals surface area contributed by atoms with Crippen molar-refractivity contribution in [2.45, 2.75) is 31.7 Å². The molecule has 1 aromatic carbocycles. The van der Waals surface area contributed by atoms with Crippen molar-refractivity contribution in [1.82, 2.24) is 0 Å². The van der Waals surface area contributed by atoms with Crippen LogP contribution in [-0.4, -0.2) is 24.4 Å². The number of halogens is 3. The van der Waals surface area contributed by atoms with Crippen molar-refractivity contribution in [3.8, 4) is 0 Å². The maximum Gasteiger partial charge on any atom is 0.575 e. The van der Waals surface area contributed by atoms with Gasteiger partial charge >= 0.3 is 18.3 Å². The van der Waals surface area contributed by atoms with E-state index in [0.717, 1.165) is 5.56 Å². The molecule has 134 valence electrons. The largest absolute Gasteiger partial charge is 0.575 e. The number of ether oxygens (including phenoxy) is 2. The van der Waals surface area contributed by atoms with Crippen molar-refractivity contribution in [2.24, 2.45) is 17.8 Å². The first-order valence-corrected chi connectivity index (χ1v) is 8.04. The Morgan fingerprint density at radius 1 is 1.28 bits per heavy atom. The van der Waals surface area contributed by atoms with Gasteiger partial charge < -0.3 is 9.47 Å². The fourth-order valence-electron chi connectivity index (χ4n) is 3.48. The molecule has 1 saturated carbocycles. The lowest BCUT2D eigenvalue weighted by Gasteiger charge is -2.22.